The molecule has 0 radical (unpaired) electrons. The van der Waals surface area contributed by atoms with E-state index < -0.39 is 0 Å². The second-order valence-electron chi connectivity index (χ2n) is 8.11. The number of aromatic nitrogens is 2. The van der Waals surface area contributed by atoms with Crippen molar-refractivity contribution in [3.8, 4) is 0 Å². The highest BCUT2D eigenvalue weighted by Crippen LogP contribution is 2.52. The number of likely N-dealkylation sites (tertiary alicyclic amines) is 1. The molecule has 2 aliphatic heterocycles. The predicted molar refractivity (Wildman–Crippen MR) is 94.0 cm³/mol. The second kappa shape index (κ2) is 5.76. The molecule has 2 saturated heterocycles. The number of rotatable bonds is 2. The predicted octanol–water partition coefficient (Wildman–Crippen LogP) is 1.60. The van der Waals surface area contributed by atoms with E-state index in [2.05, 4.69) is 40.4 Å². The molecule has 6 heteroatoms. The van der Waals surface area contributed by atoms with Gasteiger partial charge in [-0.3, -0.25) is 9.67 Å². The summed E-state index contributed by atoms with van der Waals surface area (Å²) >= 11 is 0. The number of fused-ring (bicyclic) bond motifs is 1. The third kappa shape index (κ3) is 2.42. The maximum absolute atomic E-state index is 5.91. The number of nitrogens with one attached hydrogen (secondary N) is 1. The Morgan fingerprint density at radius 1 is 1.42 bits per heavy atom. The van der Waals surface area contributed by atoms with Crippen molar-refractivity contribution in [2.45, 2.75) is 44.8 Å². The molecular formula is C18H29N5O. The summed E-state index contributed by atoms with van der Waals surface area (Å²) in [6.07, 6.45) is 6.88. The van der Waals surface area contributed by atoms with Gasteiger partial charge in [-0.1, -0.05) is 13.8 Å². The monoisotopic (exact) mass is 331 g/mol. The van der Waals surface area contributed by atoms with Gasteiger partial charge in [0.1, 0.15) is 0 Å². The van der Waals surface area contributed by atoms with E-state index in [0.717, 1.165) is 32.1 Å². The highest BCUT2D eigenvalue weighted by molar-refractivity contribution is 5.81. The number of guanidine groups is 1. The van der Waals surface area contributed by atoms with Crippen molar-refractivity contribution in [3.05, 3.63) is 18.0 Å². The van der Waals surface area contributed by atoms with Gasteiger partial charge in [0.2, 0.25) is 0 Å². The topological polar surface area (TPSA) is 54.7 Å². The molecular weight excluding hydrogens is 302 g/mol. The van der Waals surface area contributed by atoms with E-state index in [9.17, 15) is 0 Å². The number of aliphatic imine (C=N–C) groups is 1. The van der Waals surface area contributed by atoms with E-state index in [4.69, 9.17) is 4.74 Å². The first-order valence-corrected chi connectivity index (χ1v) is 9.09. The molecule has 0 aromatic carbocycles. The zero-order valence-electron chi connectivity index (χ0n) is 15.2. The molecule has 3 fully saturated rings. The van der Waals surface area contributed by atoms with Gasteiger partial charge in [0.15, 0.2) is 5.96 Å². The highest BCUT2D eigenvalue weighted by atomic mass is 16.5. The first kappa shape index (κ1) is 15.9. The van der Waals surface area contributed by atoms with E-state index in [0.29, 0.717) is 24.0 Å². The fourth-order valence-corrected chi connectivity index (χ4v) is 4.93. The van der Waals surface area contributed by atoms with Gasteiger partial charge in [-0.05, 0) is 18.4 Å². The van der Waals surface area contributed by atoms with Crippen molar-refractivity contribution in [2.24, 2.45) is 23.4 Å². The highest BCUT2D eigenvalue weighted by Gasteiger charge is 2.59. The fraction of sp³-hybridized carbons (Fsp3) is 0.778. The molecule has 3 heterocycles. The lowest BCUT2D eigenvalue weighted by molar-refractivity contribution is -0.107. The van der Waals surface area contributed by atoms with Crippen LogP contribution in [-0.2, 0) is 11.8 Å². The average molecular weight is 331 g/mol. The van der Waals surface area contributed by atoms with E-state index >= 15 is 0 Å². The number of nitrogens with zero attached hydrogens (tertiary/aromatic N) is 4. The van der Waals surface area contributed by atoms with Crippen molar-refractivity contribution in [1.29, 1.82) is 0 Å². The lowest BCUT2D eigenvalue weighted by Gasteiger charge is -2.55. The Labute approximate surface area is 144 Å². The summed E-state index contributed by atoms with van der Waals surface area (Å²) in [5.74, 6) is 2.23. The van der Waals surface area contributed by atoms with Crippen LogP contribution in [-0.4, -0.2) is 59.5 Å². The van der Waals surface area contributed by atoms with Crippen LogP contribution in [0.2, 0.25) is 0 Å². The van der Waals surface area contributed by atoms with Crippen LogP contribution >= 0.6 is 0 Å². The first-order chi connectivity index (χ1) is 11.5. The molecule has 4 unspecified atom stereocenters. The summed E-state index contributed by atoms with van der Waals surface area (Å²) in [7, 11) is 3.88. The molecule has 1 saturated carbocycles. The molecule has 4 atom stereocenters. The van der Waals surface area contributed by atoms with E-state index in [1.807, 2.05) is 25.0 Å². The van der Waals surface area contributed by atoms with Gasteiger partial charge in [0.25, 0.3) is 0 Å². The van der Waals surface area contributed by atoms with E-state index in [-0.39, 0.29) is 5.41 Å². The smallest absolute Gasteiger partial charge is 0.193 e. The minimum absolute atomic E-state index is 0.180. The van der Waals surface area contributed by atoms with Gasteiger partial charge in [0.05, 0.1) is 12.3 Å². The van der Waals surface area contributed by atoms with Crippen molar-refractivity contribution in [2.75, 3.05) is 26.7 Å². The van der Waals surface area contributed by atoms with Crippen LogP contribution in [0.1, 0.15) is 38.2 Å². The molecule has 1 N–H and O–H groups in total. The molecule has 1 aliphatic carbocycles. The number of hydrogen-bond donors (Lipinski definition) is 1. The summed E-state index contributed by atoms with van der Waals surface area (Å²) in [5, 5.41) is 8.07. The SMILES string of the molecule is CN=C(NC1C2CCOC2C1(C)C)N1CCC(c2cnn(C)c2)C1. The van der Waals surface area contributed by atoms with Crippen molar-refractivity contribution >= 4 is 5.96 Å². The normalized spacial score (nSPS) is 35.0. The molecule has 4 rings (SSSR count). The zero-order chi connectivity index (χ0) is 16.9. The van der Waals surface area contributed by atoms with Crippen LogP contribution in [0.15, 0.2) is 17.4 Å². The largest absolute Gasteiger partial charge is 0.377 e. The average Bonchev–Trinajstić information content (AvgIpc) is 3.26. The van der Waals surface area contributed by atoms with Crippen molar-refractivity contribution in [1.82, 2.24) is 20.0 Å². The molecule has 3 aliphatic rings. The minimum Gasteiger partial charge on any atom is -0.377 e. The number of ether oxygens (including phenoxy) is 1. The van der Waals surface area contributed by atoms with Crippen LogP contribution < -0.4 is 5.32 Å². The van der Waals surface area contributed by atoms with Crippen LogP contribution in [0.25, 0.3) is 0 Å². The van der Waals surface area contributed by atoms with Gasteiger partial charge >= 0.3 is 0 Å². The lowest BCUT2D eigenvalue weighted by Crippen LogP contribution is -2.68. The molecule has 6 nitrogen and oxygen atoms in total. The summed E-state index contributed by atoms with van der Waals surface area (Å²) < 4.78 is 7.80. The van der Waals surface area contributed by atoms with Crippen LogP contribution in [0.3, 0.4) is 0 Å². The Balaban J connectivity index is 1.42. The van der Waals surface area contributed by atoms with Gasteiger partial charge in [-0.25, -0.2) is 0 Å². The van der Waals surface area contributed by atoms with Gasteiger partial charge < -0.3 is 15.0 Å². The van der Waals surface area contributed by atoms with Crippen molar-refractivity contribution < 1.29 is 4.74 Å². The first-order valence-electron chi connectivity index (χ1n) is 9.09. The van der Waals surface area contributed by atoms with E-state index in [1.165, 1.54) is 12.0 Å². The maximum Gasteiger partial charge on any atom is 0.193 e. The number of aryl methyl sites for hydroxylation is 1. The summed E-state index contributed by atoms with van der Waals surface area (Å²) in [5.41, 5.74) is 1.52. The Bertz CT molecular complexity index is 637. The third-order valence-corrected chi connectivity index (χ3v) is 6.28. The van der Waals surface area contributed by atoms with Crippen molar-refractivity contribution in [3.63, 3.8) is 0 Å². The van der Waals surface area contributed by atoms with Gasteiger partial charge in [-0.15, -0.1) is 0 Å². The maximum atomic E-state index is 5.91. The Kier molecular flexibility index (Phi) is 3.82. The summed E-state index contributed by atoms with van der Waals surface area (Å²) in [6.45, 7) is 7.60. The standard InChI is InChI=1S/C18H29N5O/c1-18(2)15(14-6-8-24-16(14)18)21-17(19-3)23-7-5-12(11-23)13-9-20-22(4)10-13/h9-10,12,14-16H,5-8,11H2,1-4H3,(H,19,21). The molecule has 0 spiro atoms. The molecule has 1 aromatic rings. The Hall–Kier alpha value is -1.56. The van der Waals surface area contributed by atoms with Crippen LogP contribution in [0.5, 0.6) is 0 Å². The quantitative estimate of drug-likeness (QED) is 0.661. The van der Waals surface area contributed by atoms with Crippen LogP contribution in [0.4, 0.5) is 0 Å². The van der Waals surface area contributed by atoms with Crippen LogP contribution in [0, 0.1) is 11.3 Å². The Morgan fingerprint density at radius 2 is 2.25 bits per heavy atom. The molecule has 132 valence electrons. The molecule has 0 amide bonds. The van der Waals surface area contributed by atoms with Gasteiger partial charge in [0, 0.05) is 63.3 Å². The lowest BCUT2D eigenvalue weighted by atomic mass is 9.57. The molecule has 0 bridgehead atoms. The summed E-state index contributed by atoms with van der Waals surface area (Å²) in [6, 6.07) is 0.459. The Morgan fingerprint density at radius 3 is 2.96 bits per heavy atom. The number of hydrogen-bond acceptors (Lipinski definition) is 3. The third-order valence-electron chi connectivity index (χ3n) is 6.28. The summed E-state index contributed by atoms with van der Waals surface area (Å²) in [4.78, 5) is 6.97. The second-order valence-corrected chi connectivity index (χ2v) is 8.11. The van der Waals surface area contributed by atoms with E-state index in [1.54, 1.807) is 0 Å². The zero-order valence-corrected chi connectivity index (χ0v) is 15.2. The van der Waals surface area contributed by atoms with Gasteiger partial charge in [-0.2, -0.15) is 5.10 Å². The fourth-order valence-electron chi connectivity index (χ4n) is 4.93. The minimum atomic E-state index is 0.180. The molecule has 1 aromatic heterocycles. The molecule has 24 heavy (non-hydrogen) atoms.